The van der Waals surface area contributed by atoms with Crippen molar-refractivity contribution in [1.82, 2.24) is 0 Å². The Balaban J connectivity index is 1.71. The Labute approximate surface area is 249 Å². The lowest BCUT2D eigenvalue weighted by Crippen LogP contribution is -2.26. The number of benzene rings is 4. The molecule has 0 amide bonds. The van der Waals surface area contributed by atoms with Crippen molar-refractivity contribution in [1.29, 1.82) is 0 Å². The van der Waals surface area contributed by atoms with Crippen molar-refractivity contribution in [3.05, 3.63) is 106 Å². The first-order valence-corrected chi connectivity index (χ1v) is 14.2. The van der Waals surface area contributed by atoms with Crippen LogP contribution in [0.15, 0.2) is 72.8 Å². The third kappa shape index (κ3) is 4.04. The fraction of sp³-hybridized carbons (Fsp3) is 0.294. The molecule has 7 heteroatoms. The van der Waals surface area contributed by atoms with Crippen molar-refractivity contribution >= 4 is 15.9 Å². The SMILES string of the molecule is COc1ccc([C@@H]2c3c(OC)cc(OC)cc3[C@@]3(Br)[C@H](c4ccc(OC)cc4)c4c(OC)cc(OC)cc4[C@@H]23)cc1. The second-order valence-electron chi connectivity index (χ2n) is 10.3. The number of ether oxygens (including phenoxy) is 6. The van der Waals surface area contributed by atoms with Gasteiger partial charge in [0.2, 0.25) is 0 Å². The van der Waals surface area contributed by atoms with Crippen LogP contribution in [0.25, 0.3) is 0 Å². The summed E-state index contributed by atoms with van der Waals surface area (Å²) in [5, 5.41) is 0. The highest BCUT2D eigenvalue weighted by Crippen LogP contribution is 2.74. The molecule has 6 nitrogen and oxygen atoms in total. The van der Waals surface area contributed by atoms with Crippen molar-refractivity contribution in [3.63, 3.8) is 0 Å². The molecule has 0 saturated carbocycles. The number of alkyl halides is 1. The zero-order valence-electron chi connectivity index (χ0n) is 24.0. The smallest absolute Gasteiger partial charge is 0.126 e. The molecular weight excluding hydrogens is 584 g/mol. The Bertz CT molecular complexity index is 1580. The first kappa shape index (κ1) is 27.3. The number of hydrogen-bond acceptors (Lipinski definition) is 6. The van der Waals surface area contributed by atoms with Gasteiger partial charge >= 0.3 is 0 Å². The van der Waals surface area contributed by atoms with Gasteiger partial charge in [0.05, 0.1) is 47.0 Å². The fourth-order valence-electron chi connectivity index (χ4n) is 6.90. The predicted octanol–water partition coefficient (Wildman–Crippen LogP) is 7.40. The zero-order chi connectivity index (χ0) is 28.9. The Morgan fingerprint density at radius 3 is 1.54 bits per heavy atom. The molecule has 0 saturated heterocycles. The molecular formula is C34H33BrO6. The lowest BCUT2D eigenvalue weighted by molar-refractivity contribution is 0.388. The highest BCUT2D eigenvalue weighted by molar-refractivity contribution is 9.09. The first-order chi connectivity index (χ1) is 19.9. The molecule has 6 rings (SSSR count). The van der Waals surface area contributed by atoms with Gasteiger partial charge in [-0.3, -0.25) is 0 Å². The van der Waals surface area contributed by atoms with Crippen LogP contribution >= 0.6 is 15.9 Å². The summed E-state index contributed by atoms with van der Waals surface area (Å²) < 4.78 is 34.2. The van der Waals surface area contributed by atoms with E-state index in [2.05, 4.69) is 52.3 Å². The van der Waals surface area contributed by atoms with Crippen LogP contribution in [-0.4, -0.2) is 42.7 Å². The molecule has 41 heavy (non-hydrogen) atoms. The average molecular weight is 618 g/mol. The number of fused-ring (bicyclic) bond motifs is 5. The molecule has 0 spiro atoms. The first-order valence-electron chi connectivity index (χ1n) is 13.4. The van der Waals surface area contributed by atoms with E-state index in [4.69, 9.17) is 28.4 Å². The summed E-state index contributed by atoms with van der Waals surface area (Å²) >= 11 is 4.43. The van der Waals surface area contributed by atoms with Crippen molar-refractivity contribution in [3.8, 4) is 34.5 Å². The van der Waals surface area contributed by atoms with E-state index < -0.39 is 4.32 Å². The molecule has 0 unspecified atom stereocenters. The third-order valence-electron chi connectivity index (χ3n) is 8.65. The van der Waals surface area contributed by atoms with Crippen molar-refractivity contribution in [2.24, 2.45) is 0 Å². The van der Waals surface area contributed by atoms with Crippen molar-refractivity contribution in [2.75, 3.05) is 42.7 Å². The Hall–Kier alpha value is -3.84. The molecule has 0 bridgehead atoms. The molecule has 4 atom stereocenters. The summed E-state index contributed by atoms with van der Waals surface area (Å²) in [6.45, 7) is 0. The van der Waals surface area contributed by atoms with E-state index >= 15 is 0 Å². The molecule has 0 N–H and O–H groups in total. The maximum Gasteiger partial charge on any atom is 0.126 e. The minimum absolute atomic E-state index is 0.0296. The largest absolute Gasteiger partial charge is 0.497 e. The molecule has 0 aliphatic heterocycles. The average Bonchev–Trinajstić information content (AvgIpc) is 3.44. The summed E-state index contributed by atoms with van der Waals surface area (Å²) in [6, 6.07) is 24.9. The second-order valence-corrected chi connectivity index (χ2v) is 11.6. The van der Waals surface area contributed by atoms with Crippen molar-refractivity contribution < 1.29 is 28.4 Å². The fourth-order valence-corrected chi connectivity index (χ4v) is 8.24. The summed E-state index contributed by atoms with van der Waals surface area (Å²) in [7, 11) is 10.2. The topological polar surface area (TPSA) is 55.4 Å². The molecule has 4 aromatic rings. The number of methoxy groups -OCH3 is 6. The Morgan fingerprint density at radius 1 is 0.537 bits per heavy atom. The third-order valence-corrected chi connectivity index (χ3v) is 10.0. The summed E-state index contributed by atoms with van der Waals surface area (Å²) in [5.41, 5.74) is 6.84. The maximum atomic E-state index is 6.06. The molecule has 2 aliphatic carbocycles. The van der Waals surface area contributed by atoms with Gasteiger partial charge in [-0.25, -0.2) is 0 Å². The molecule has 0 radical (unpaired) electrons. The Kier molecular flexibility index (Phi) is 7.02. The van der Waals surface area contributed by atoms with E-state index in [0.29, 0.717) is 0 Å². The van der Waals surface area contributed by atoms with Crippen molar-refractivity contribution in [2.45, 2.75) is 22.1 Å². The standard InChI is InChI=1S/C34H33BrO6/c1-36-21-11-7-19(8-12-21)29-31-26(16-24(39-4)18-28(31)41-6)34(35)32(20-9-13-22(37-2)14-10-20)30-25(33(29)34)15-23(38-3)17-27(30)40-5/h7-18,29,32-33H,1-6H3/t29-,32-,33+,34-/m1/s1. The Morgan fingerprint density at radius 2 is 1.02 bits per heavy atom. The van der Waals surface area contributed by atoms with Gasteiger partial charge in [-0.15, -0.1) is 0 Å². The van der Waals surface area contributed by atoms with E-state index in [9.17, 15) is 0 Å². The monoisotopic (exact) mass is 616 g/mol. The van der Waals surface area contributed by atoms with E-state index in [1.807, 2.05) is 36.4 Å². The molecule has 0 fully saturated rings. The minimum Gasteiger partial charge on any atom is -0.497 e. The number of halogens is 1. The maximum absolute atomic E-state index is 6.06. The lowest BCUT2D eigenvalue weighted by atomic mass is 9.78. The van der Waals surface area contributed by atoms with Crippen LogP contribution < -0.4 is 28.4 Å². The van der Waals surface area contributed by atoms with E-state index in [1.54, 1.807) is 42.7 Å². The molecule has 4 aromatic carbocycles. The van der Waals surface area contributed by atoms with Gasteiger partial charge in [-0.05, 0) is 58.7 Å². The van der Waals surface area contributed by atoms with Crippen LogP contribution in [0.1, 0.15) is 51.1 Å². The van der Waals surface area contributed by atoms with E-state index in [-0.39, 0.29) is 17.8 Å². The van der Waals surface area contributed by atoms with Crippen LogP contribution in [0.2, 0.25) is 0 Å². The highest BCUT2D eigenvalue weighted by atomic mass is 79.9. The van der Waals surface area contributed by atoms with Gasteiger partial charge in [0.1, 0.15) is 34.5 Å². The lowest BCUT2D eigenvalue weighted by Gasteiger charge is -2.33. The predicted molar refractivity (Wildman–Crippen MR) is 162 cm³/mol. The van der Waals surface area contributed by atoms with Crippen LogP contribution in [0.3, 0.4) is 0 Å². The minimum atomic E-state index is -0.564. The van der Waals surface area contributed by atoms with Crippen LogP contribution in [0.4, 0.5) is 0 Å². The van der Waals surface area contributed by atoms with Gasteiger partial charge in [0.25, 0.3) is 0 Å². The van der Waals surface area contributed by atoms with Gasteiger partial charge in [-0.1, -0.05) is 40.2 Å². The number of rotatable bonds is 8. The van der Waals surface area contributed by atoms with E-state index in [0.717, 1.165) is 67.9 Å². The number of hydrogen-bond donors (Lipinski definition) is 0. The van der Waals surface area contributed by atoms with Gasteiger partial charge in [0.15, 0.2) is 0 Å². The van der Waals surface area contributed by atoms with Crippen LogP contribution in [0, 0.1) is 0 Å². The summed E-state index contributed by atoms with van der Waals surface area (Å²) in [4.78, 5) is 0. The normalized spacial score (nSPS) is 21.9. The van der Waals surface area contributed by atoms with Gasteiger partial charge in [0, 0.05) is 41.0 Å². The highest BCUT2D eigenvalue weighted by Gasteiger charge is 2.63. The quantitative estimate of drug-likeness (QED) is 0.192. The summed E-state index contributed by atoms with van der Waals surface area (Å²) in [6.07, 6.45) is 0. The van der Waals surface area contributed by atoms with E-state index in [1.165, 1.54) is 0 Å². The van der Waals surface area contributed by atoms with Gasteiger partial charge < -0.3 is 28.4 Å². The second kappa shape index (κ2) is 10.5. The molecule has 212 valence electrons. The molecule has 0 aromatic heterocycles. The van der Waals surface area contributed by atoms with Gasteiger partial charge in [-0.2, -0.15) is 0 Å². The zero-order valence-corrected chi connectivity index (χ0v) is 25.6. The molecule has 2 aliphatic rings. The van der Waals surface area contributed by atoms with Crippen LogP contribution in [0.5, 0.6) is 34.5 Å². The summed E-state index contributed by atoms with van der Waals surface area (Å²) in [5.74, 6) is 4.50. The molecule has 0 heterocycles. The van der Waals surface area contributed by atoms with Crippen LogP contribution in [-0.2, 0) is 4.32 Å².